The van der Waals surface area contributed by atoms with Gasteiger partial charge in [-0.05, 0) is 128 Å². The molecule has 40 heavy (non-hydrogen) atoms. The first-order valence-electron chi connectivity index (χ1n) is 15.0. The average molecular weight is 579 g/mol. The Kier molecular flexibility index (Phi) is 7.30. The maximum absolute atomic E-state index is 13.3. The molecule has 2 aromatic rings. The van der Waals surface area contributed by atoms with Crippen molar-refractivity contribution in [1.82, 2.24) is 4.72 Å². The second-order valence-corrected chi connectivity index (χ2v) is 13.9. The summed E-state index contributed by atoms with van der Waals surface area (Å²) in [5.41, 5.74) is 5.85. The minimum atomic E-state index is -0.114. The number of fused-ring (bicyclic) bond motifs is 7. The van der Waals surface area contributed by atoms with Crippen LogP contribution in [0.5, 0.6) is 5.75 Å². The number of amides is 1. The second kappa shape index (κ2) is 10.9. The Morgan fingerprint density at radius 2 is 2.08 bits per heavy atom. The third-order valence-corrected chi connectivity index (χ3v) is 11.5. The highest BCUT2D eigenvalue weighted by Crippen LogP contribution is 2.48. The molecule has 3 heterocycles. The van der Waals surface area contributed by atoms with Gasteiger partial charge in [0, 0.05) is 42.0 Å². The van der Waals surface area contributed by atoms with Crippen LogP contribution in [0.4, 0.5) is 5.69 Å². The molecule has 0 radical (unpaired) electrons. The van der Waals surface area contributed by atoms with E-state index < -0.39 is 0 Å². The Labute approximate surface area is 247 Å². The number of hydrogen-bond donors (Lipinski definition) is 1. The Morgan fingerprint density at radius 3 is 2.88 bits per heavy atom. The van der Waals surface area contributed by atoms with E-state index in [-0.39, 0.29) is 17.4 Å². The van der Waals surface area contributed by atoms with Crippen LogP contribution in [0.2, 0.25) is 5.02 Å². The van der Waals surface area contributed by atoms with Gasteiger partial charge in [-0.3, -0.25) is 9.52 Å². The van der Waals surface area contributed by atoms with Crippen LogP contribution in [0, 0.1) is 17.8 Å². The Morgan fingerprint density at radius 1 is 1.15 bits per heavy atom. The lowest BCUT2D eigenvalue weighted by Gasteiger charge is -2.47. The molecule has 0 aromatic heterocycles. The molecule has 4 bridgehead atoms. The number of carbonyl (C=O) groups is 1. The molecule has 5 atom stereocenters. The summed E-state index contributed by atoms with van der Waals surface area (Å²) in [6, 6.07) is 12.4. The summed E-state index contributed by atoms with van der Waals surface area (Å²) in [5.74, 6) is 3.46. The van der Waals surface area contributed by atoms with Gasteiger partial charge in [0.25, 0.3) is 5.91 Å². The zero-order chi connectivity index (χ0) is 27.3. The van der Waals surface area contributed by atoms with E-state index in [1.165, 1.54) is 36.0 Å². The summed E-state index contributed by atoms with van der Waals surface area (Å²) >= 11 is 7.98. The van der Waals surface area contributed by atoms with E-state index in [1.807, 2.05) is 25.3 Å². The number of carbonyl (C=O) groups excluding carboxylic acids is 1. The van der Waals surface area contributed by atoms with Crippen molar-refractivity contribution in [3.8, 4) is 5.75 Å². The highest BCUT2D eigenvalue weighted by molar-refractivity contribution is 7.97. The van der Waals surface area contributed by atoms with Crippen molar-refractivity contribution in [3.63, 3.8) is 0 Å². The van der Waals surface area contributed by atoms with Gasteiger partial charge in [-0.15, -0.1) is 0 Å². The van der Waals surface area contributed by atoms with E-state index in [0.717, 1.165) is 67.4 Å². The van der Waals surface area contributed by atoms with E-state index in [1.54, 1.807) is 11.9 Å². The normalized spacial score (nSPS) is 31.7. The molecule has 8 rings (SSSR count). The maximum Gasteiger partial charge on any atom is 0.261 e. The van der Waals surface area contributed by atoms with Gasteiger partial charge in [0.15, 0.2) is 0 Å². The SMILES string of the molecule is CO[C@H]1C2=CC[C@H](CC2)CSNC(=O)c2ccc3c(c2)N(C[C@@H]2CC[C@H]21)C[C@@]1(CCCc2cc(Cl)ccc21)CO3. The van der Waals surface area contributed by atoms with Crippen LogP contribution in [-0.4, -0.2) is 44.6 Å². The number of methoxy groups -OCH3 is 1. The van der Waals surface area contributed by atoms with E-state index in [2.05, 4.69) is 33.9 Å². The van der Waals surface area contributed by atoms with Crippen molar-refractivity contribution >= 4 is 35.1 Å². The second-order valence-electron chi connectivity index (χ2n) is 12.6. The molecule has 1 saturated carbocycles. The average Bonchev–Trinajstić information content (AvgIpc) is 3.10. The van der Waals surface area contributed by atoms with Gasteiger partial charge in [0.1, 0.15) is 5.75 Å². The lowest BCUT2D eigenvalue weighted by Crippen LogP contribution is -2.50. The number of hydrogen-bond acceptors (Lipinski definition) is 5. The van der Waals surface area contributed by atoms with Crippen LogP contribution < -0.4 is 14.4 Å². The van der Waals surface area contributed by atoms with Crippen molar-refractivity contribution in [2.75, 3.05) is 37.5 Å². The zero-order valence-corrected chi connectivity index (χ0v) is 24.9. The number of halogens is 1. The topological polar surface area (TPSA) is 50.8 Å². The lowest BCUT2D eigenvalue weighted by molar-refractivity contribution is 0.00323. The number of rotatable bonds is 1. The molecule has 0 unspecified atom stereocenters. The molecule has 7 heteroatoms. The minimum Gasteiger partial charge on any atom is -0.490 e. The largest absolute Gasteiger partial charge is 0.490 e. The molecule has 1 amide bonds. The summed E-state index contributed by atoms with van der Waals surface area (Å²) in [6.07, 6.45) is 11.7. The predicted molar refractivity (Wildman–Crippen MR) is 163 cm³/mol. The third-order valence-electron chi connectivity index (χ3n) is 10.3. The standard InChI is InChI=1S/C33H39ClN2O3S/c1-38-31-22-6-4-21(5-7-22)18-40-35-32(37)24-9-13-30-29(16-24)36(17-25-8-11-27(25)31)19-33(20-39-30)14-2-3-23-15-26(34)10-12-28(23)33/h6,9-10,12-13,15-16,21,25,27,31H,2-5,7-8,11,14,17-20H2,1H3,(H,35,37)/t21-,25+,27-,31+,33+/m1/s1. The quantitative estimate of drug-likeness (QED) is 0.292. The Balaban J connectivity index is 1.28. The van der Waals surface area contributed by atoms with Gasteiger partial charge in [-0.1, -0.05) is 23.7 Å². The van der Waals surface area contributed by atoms with Crippen LogP contribution in [0.25, 0.3) is 0 Å². The number of benzene rings is 2. The summed E-state index contributed by atoms with van der Waals surface area (Å²) in [5, 5.41) is 0.804. The zero-order valence-electron chi connectivity index (χ0n) is 23.3. The van der Waals surface area contributed by atoms with E-state index in [0.29, 0.717) is 29.9 Å². The van der Waals surface area contributed by atoms with Crippen LogP contribution >= 0.6 is 23.5 Å². The van der Waals surface area contributed by atoms with Crippen molar-refractivity contribution in [2.45, 2.75) is 62.9 Å². The Hall–Kier alpha value is -2.15. The minimum absolute atomic E-state index is 0.0236. The van der Waals surface area contributed by atoms with Gasteiger partial charge in [0.05, 0.1) is 18.4 Å². The van der Waals surface area contributed by atoms with Crippen LogP contribution in [0.3, 0.4) is 0 Å². The molecule has 1 spiro atoms. The van der Waals surface area contributed by atoms with Gasteiger partial charge in [-0.25, -0.2) is 0 Å². The lowest BCUT2D eigenvalue weighted by atomic mass is 9.66. The molecule has 3 aliphatic heterocycles. The molecule has 2 aromatic carbocycles. The van der Waals surface area contributed by atoms with Gasteiger partial charge in [-0.2, -0.15) is 0 Å². The van der Waals surface area contributed by atoms with Crippen LogP contribution in [-0.2, 0) is 16.6 Å². The fourth-order valence-electron chi connectivity index (χ4n) is 7.96. The highest BCUT2D eigenvalue weighted by Gasteiger charge is 2.45. The smallest absolute Gasteiger partial charge is 0.261 e. The first-order chi connectivity index (χ1) is 19.5. The molecule has 5 nitrogen and oxygen atoms in total. The summed E-state index contributed by atoms with van der Waals surface area (Å²) in [7, 11) is 1.90. The predicted octanol–water partition coefficient (Wildman–Crippen LogP) is 6.97. The fraction of sp³-hybridized carbons (Fsp3) is 0.545. The Bertz CT molecular complexity index is 1330. The molecular weight excluding hydrogens is 540 g/mol. The number of nitrogens with one attached hydrogen (secondary N) is 1. The molecular formula is C33H39ClN2O3S. The fourth-order valence-corrected chi connectivity index (χ4v) is 9.03. The number of anilines is 1. The number of allylic oxidation sites excluding steroid dienone is 1. The molecule has 3 aliphatic carbocycles. The summed E-state index contributed by atoms with van der Waals surface area (Å²) in [6.45, 7) is 2.45. The molecule has 212 valence electrons. The van der Waals surface area contributed by atoms with E-state index >= 15 is 0 Å². The number of ether oxygens (including phenoxy) is 2. The summed E-state index contributed by atoms with van der Waals surface area (Å²) in [4.78, 5) is 15.8. The van der Waals surface area contributed by atoms with Crippen molar-refractivity contribution in [2.24, 2.45) is 17.8 Å². The molecule has 1 fully saturated rings. The van der Waals surface area contributed by atoms with Crippen molar-refractivity contribution in [1.29, 1.82) is 0 Å². The van der Waals surface area contributed by atoms with E-state index in [4.69, 9.17) is 21.1 Å². The molecule has 1 N–H and O–H groups in total. The number of aryl methyl sites for hydroxylation is 1. The van der Waals surface area contributed by atoms with Crippen molar-refractivity contribution in [3.05, 3.63) is 69.8 Å². The van der Waals surface area contributed by atoms with Gasteiger partial charge < -0.3 is 14.4 Å². The summed E-state index contributed by atoms with van der Waals surface area (Å²) < 4.78 is 16.0. The van der Waals surface area contributed by atoms with Crippen molar-refractivity contribution < 1.29 is 14.3 Å². The van der Waals surface area contributed by atoms with E-state index in [9.17, 15) is 4.79 Å². The van der Waals surface area contributed by atoms with Crippen LogP contribution in [0.1, 0.15) is 66.4 Å². The van der Waals surface area contributed by atoms with Gasteiger partial charge >= 0.3 is 0 Å². The molecule has 0 saturated heterocycles. The first-order valence-corrected chi connectivity index (χ1v) is 16.3. The first kappa shape index (κ1) is 26.7. The highest BCUT2D eigenvalue weighted by atomic mass is 35.5. The van der Waals surface area contributed by atoms with Gasteiger partial charge in [0.2, 0.25) is 0 Å². The monoisotopic (exact) mass is 578 g/mol. The third kappa shape index (κ3) is 4.84. The molecule has 6 aliphatic rings. The van der Waals surface area contributed by atoms with Crippen LogP contribution in [0.15, 0.2) is 48.0 Å². The maximum atomic E-state index is 13.3. The number of nitrogens with zero attached hydrogens (tertiary/aromatic N) is 1.